The van der Waals surface area contributed by atoms with E-state index in [9.17, 15) is 4.79 Å². The van der Waals surface area contributed by atoms with Crippen molar-refractivity contribution in [3.63, 3.8) is 0 Å². The van der Waals surface area contributed by atoms with Gasteiger partial charge in [0.1, 0.15) is 6.10 Å². The highest BCUT2D eigenvalue weighted by Gasteiger charge is 2.24. The van der Waals surface area contributed by atoms with E-state index >= 15 is 0 Å². The van der Waals surface area contributed by atoms with Crippen LogP contribution in [-0.4, -0.2) is 22.0 Å². The summed E-state index contributed by atoms with van der Waals surface area (Å²) in [7, 11) is 0. The zero-order valence-electron chi connectivity index (χ0n) is 18.3. The molecule has 2 aromatic rings. The smallest absolute Gasteiger partial charge is 0.330 e. The molecule has 30 heavy (non-hydrogen) atoms. The Balaban J connectivity index is 1.51. The van der Waals surface area contributed by atoms with E-state index in [-0.39, 0.29) is 12.1 Å². The number of esters is 1. The molecule has 4 heteroatoms. The van der Waals surface area contributed by atoms with E-state index in [1.54, 1.807) is 6.08 Å². The summed E-state index contributed by atoms with van der Waals surface area (Å²) < 4.78 is 5.55. The number of benzene rings is 1. The van der Waals surface area contributed by atoms with Gasteiger partial charge in [0.25, 0.3) is 0 Å². The molecule has 0 N–H and O–H groups in total. The van der Waals surface area contributed by atoms with Gasteiger partial charge in [0.05, 0.1) is 0 Å². The number of aryl methyl sites for hydroxylation is 1. The average molecular weight is 407 g/mol. The van der Waals surface area contributed by atoms with E-state index in [2.05, 4.69) is 41.2 Å². The molecule has 0 amide bonds. The third-order valence-electron chi connectivity index (χ3n) is 5.86. The highest BCUT2D eigenvalue weighted by Crippen LogP contribution is 2.34. The molecule has 1 aliphatic carbocycles. The summed E-state index contributed by atoms with van der Waals surface area (Å²) in [5.74, 6) is 1.11. The van der Waals surface area contributed by atoms with Crippen molar-refractivity contribution >= 4 is 5.97 Å². The Bertz CT molecular complexity index is 804. The van der Waals surface area contributed by atoms with E-state index in [0.29, 0.717) is 5.92 Å². The molecule has 1 saturated carbocycles. The van der Waals surface area contributed by atoms with Gasteiger partial charge in [0.2, 0.25) is 0 Å². The molecule has 1 aromatic heterocycles. The summed E-state index contributed by atoms with van der Waals surface area (Å²) in [6.45, 7) is 4.23. The van der Waals surface area contributed by atoms with Gasteiger partial charge in [-0.2, -0.15) is 0 Å². The van der Waals surface area contributed by atoms with Crippen LogP contribution in [0.5, 0.6) is 0 Å². The van der Waals surface area contributed by atoms with Crippen molar-refractivity contribution in [1.82, 2.24) is 9.97 Å². The maximum Gasteiger partial charge on any atom is 0.330 e. The van der Waals surface area contributed by atoms with Crippen molar-refractivity contribution < 1.29 is 9.53 Å². The number of allylic oxidation sites excluding steroid dienone is 1. The molecule has 0 bridgehead atoms. The van der Waals surface area contributed by atoms with Crippen LogP contribution in [0.3, 0.4) is 0 Å². The SMILES string of the molecule is CC/C=C/C(=O)OC1CCC(c2ccc(-c3ncc(CCCCC)cn3)cc2)CC1. The highest BCUT2D eigenvalue weighted by atomic mass is 16.5. The molecule has 0 unspecified atom stereocenters. The lowest BCUT2D eigenvalue weighted by molar-refractivity contribution is -0.144. The molecule has 160 valence electrons. The van der Waals surface area contributed by atoms with Crippen molar-refractivity contribution in [1.29, 1.82) is 0 Å². The number of aromatic nitrogens is 2. The Hall–Kier alpha value is -2.49. The fraction of sp³-hybridized carbons (Fsp3) is 0.500. The number of carbonyl (C=O) groups excluding carboxylic acids is 1. The Morgan fingerprint density at radius 1 is 1.03 bits per heavy atom. The molecule has 0 aliphatic heterocycles. The highest BCUT2D eigenvalue weighted by molar-refractivity contribution is 5.82. The number of carbonyl (C=O) groups is 1. The van der Waals surface area contributed by atoms with Crippen LogP contribution in [-0.2, 0) is 16.0 Å². The number of hydrogen-bond donors (Lipinski definition) is 0. The van der Waals surface area contributed by atoms with Crippen LogP contribution in [0.4, 0.5) is 0 Å². The third-order valence-corrected chi connectivity index (χ3v) is 5.86. The van der Waals surface area contributed by atoms with Gasteiger partial charge >= 0.3 is 5.97 Å². The first kappa shape index (κ1) is 22.2. The number of unbranched alkanes of at least 4 members (excludes halogenated alkanes) is 2. The largest absolute Gasteiger partial charge is 0.459 e. The second kappa shape index (κ2) is 11.6. The standard InChI is InChI=1S/C26H34N2O2/c1-3-5-7-8-20-18-27-26(28-19-20)23-12-10-21(11-13-23)22-14-16-24(17-15-22)30-25(29)9-6-4-2/h6,9-13,18-19,22,24H,3-5,7-8,14-17H2,1-2H3/b9-6+. The van der Waals surface area contributed by atoms with E-state index < -0.39 is 0 Å². The van der Waals surface area contributed by atoms with Crippen LogP contribution >= 0.6 is 0 Å². The Labute approximate surface area is 180 Å². The Morgan fingerprint density at radius 3 is 2.37 bits per heavy atom. The minimum atomic E-state index is -0.207. The van der Waals surface area contributed by atoms with Crippen molar-refractivity contribution in [2.45, 2.75) is 83.7 Å². The molecule has 0 spiro atoms. The Morgan fingerprint density at radius 2 is 1.73 bits per heavy atom. The second-order valence-corrected chi connectivity index (χ2v) is 8.22. The van der Waals surface area contributed by atoms with E-state index in [1.165, 1.54) is 30.4 Å². The fourth-order valence-corrected chi connectivity index (χ4v) is 4.05. The molecule has 3 rings (SSSR count). The second-order valence-electron chi connectivity index (χ2n) is 8.22. The molecular weight excluding hydrogens is 372 g/mol. The molecule has 0 saturated heterocycles. The Kier molecular flexibility index (Phi) is 8.61. The lowest BCUT2D eigenvalue weighted by Gasteiger charge is -2.28. The number of hydrogen-bond acceptors (Lipinski definition) is 4. The molecular formula is C26H34N2O2. The number of rotatable bonds is 9. The van der Waals surface area contributed by atoms with Crippen LogP contribution in [0, 0.1) is 0 Å². The summed E-state index contributed by atoms with van der Waals surface area (Å²) in [6.07, 6.45) is 16.9. The maximum absolute atomic E-state index is 11.8. The average Bonchev–Trinajstić information content (AvgIpc) is 2.79. The predicted octanol–water partition coefficient (Wildman–Crippen LogP) is 6.41. The third kappa shape index (κ3) is 6.51. The lowest BCUT2D eigenvalue weighted by Crippen LogP contribution is -2.23. The van der Waals surface area contributed by atoms with Gasteiger partial charge in [-0.05, 0) is 62.0 Å². The van der Waals surface area contributed by atoms with E-state index in [4.69, 9.17) is 4.74 Å². The first-order valence-electron chi connectivity index (χ1n) is 11.5. The van der Waals surface area contributed by atoms with E-state index in [0.717, 1.165) is 49.9 Å². The molecule has 1 fully saturated rings. The predicted molar refractivity (Wildman–Crippen MR) is 121 cm³/mol. The molecule has 4 nitrogen and oxygen atoms in total. The minimum absolute atomic E-state index is 0.0544. The van der Waals surface area contributed by atoms with Gasteiger partial charge in [-0.15, -0.1) is 0 Å². The number of nitrogens with zero attached hydrogens (tertiary/aromatic N) is 2. The number of ether oxygens (including phenoxy) is 1. The zero-order valence-corrected chi connectivity index (χ0v) is 18.3. The van der Waals surface area contributed by atoms with Gasteiger partial charge in [0.15, 0.2) is 5.82 Å². The monoisotopic (exact) mass is 406 g/mol. The van der Waals surface area contributed by atoms with Gasteiger partial charge in [-0.3, -0.25) is 0 Å². The summed E-state index contributed by atoms with van der Waals surface area (Å²) in [5, 5.41) is 0. The zero-order chi connectivity index (χ0) is 21.2. The van der Waals surface area contributed by atoms with Gasteiger partial charge in [0, 0.05) is 24.0 Å². The summed E-state index contributed by atoms with van der Waals surface area (Å²) >= 11 is 0. The van der Waals surface area contributed by atoms with Crippen molar-refractivity contribution in [2.75, 3.05) is 0 Å². The van der Waals surface area contributed by atoms with Gasteiger partial charge < -0.3 is 4.74 Å². The first-order valence-corrected chi connectivity index (χ1v) is 11.5. The summed E-state index contributed by atoms with van der Waals surface area (Å²) in [5.41, 5.74) is 3.63. The van der Waals surface area contributed by atoms with Crippen molar-refractivity contribution in [3.8, 4) is 11.4 Å². The quantitative estimate of drug-likeness (QED) is 0.274. The molecule has 1 heterocycles. The lowest BCUT2D eigenvalue weighted by atomic mass is 9.82. The topological polar surface area (TPSA) is 52.1 Å². The van der Waals surface area contributed by atoms with Crippen LogP contribution in [0.15, 0.2) is 48.8 Å². The minimum Gasteiger partial charge on any atom is -0.459 e. The molecule has 0 atom stereocenters. The van der Waals surface area contributed by atoms with Gasteiger partial charge in [-0.1, -0.05) is 57.0 Å². The van der Waals surface area contributed by atoms with E-state index in [1.807, 2.05) is 25.4 Å². The molecule has 1 aromatic carbocycles. The van der Waals surface area contributed by atoms with Gasteiger partial charge in [-0.25, -0.2) is 14.8 Å². The van der Waals surface area contributed by atoms with Crippen molar-refractivity contribution in [3.05, 3.63) is 59.9 Å². The van der Waals surface area contributed by atoms with Crippen LogP contribution in [0.25, 0.3) is 11.4 Å². The van der Waals surface area contributed by atoms with Crippen LogP contribution in [0.1, 0.15) is 82.3 Å². The molecule has 0 radical (unpaired) electrons. The van der Waals surface area contributed by atoms with Crippen molar-refractivity contribution in [2.24, 2.45) is 0 Å². The fourth-order valence-electron chi connectivity index (χ4n) is 4.05. The normalized spacial score (nSPS) is 19.1. The first-order chi connectivity index (χ1) is 14.7. The summed E-state index contributed by atoms with van der Waals surface area (Å²) in [4.78, 5) is 20.9. The molecule has 1 aliphatic rings. The van der Waals surface area contributed by atoms with Crippen LogP contribution < -0.4 is 0 Å². The maximum atomic E-state index is 11.8. The summed E-state index contributed by atoms with van der Waals surface area (Å²) in [6, 6.07) is 8.66. The van der Waals surface area contributed by atoms with Crippen LogP contribution in [0.2, 0.25) is 0 Å².